The van der Waals surface area contributed by atoms with Crippen molar-refractivity contribution >= 4 is 28.8 Å². The Morgan fingerprint density at radius 3 is 2.60 bits per heavy atom. The molecule has 246 valence electrons. The fourth-order valence-corrected chi connectivity index (χ4v) is 7.05. The van der Waals surface area contributed by atoms with E-state index in [2.05, 4.69) is 5.32 Å². The number of hydrogen-bond acceptors (Lipinski definition) is 8. The zero-order valence-corrected chi connectivity index (χ0v) is 27.4. The SMILES string of the molecule is COc1ccc2nc3c(nc2c1)O[C@H]1CN(C(=O)[C@H](C(C)(C)C)NC(=O)O[C@]2(CCF)C[C@H]2CCCCCC3)[C@H](C(C)=O)[C@@H]1C. The van der Waals surface area contributed by atoms with Crippen LogP contribution in [0.25, 0.3) is 11.0 Å². The fraction of sp³-hybridized carbons (Fsp3) is 0.676. The van der Waals surface area contributed by atoms with Crippen molar-refractivity contribution in [3.05, 3.63) is 23.9 Å². The second-order valence-corrected chi connectivity index (χ2v) is 14.1. The Hall–Kier alpha value is -3.50. The first kappa shape index (κ1) is 32.9. The predicted octanol–water partition coefficient (Wildman–Crippen LogP) is 5.59. The molecule has 2 aliphatic heterocycles. The molecule has 0 radical (unpaired) electrons. The molecule has 1 aromatic heterocycles. The van der Waals surface area contributed by atoms with Gasteiger partial charge in [0.05, 0.1) is 37.4 Å². The minimum atomic E-state index is -0.983. The van der Waals surface area contributed by atoms with Crippen LogP contribution in [-0.4, -0.2) is 76.8 Å². The maximum Gasteiger partial charge on any atom is 0.408 e. The number of fused-ring (bicyclic) bond motifs is 5. The van der Waals surface area contributed by atoms with Gasteiger partial charge < -0.3 is 24.4 Å². The lowest BCUT2D eigenvalue weighted by Gasteiger charge is -2.35. The molecule has 3 aliphatic rings. The van der Waals surface area contributed by atoms with Crippen LogP contribution in [0, 0.1) is 17.3 Å². The van der Waals surface area contributed by atoms with Crippen LogP contribution in [-0.2, 0) is 20.7 Å². The number of benzene rings is 1. The third-order valence-electron chi connectivity index (χ3n) is 9.75. The molecule has 45 heavy (non-hydrogen) atoms. The van der Waals surface area contributed by atoms with E-state index in [0.717, 1.165) is 43.3 Å². The number of nitrogens with one attached hydrogen (secondary N) is 1. The quantitative estimate of drug-likeness (QED) is 0.467. The van der Waals surface area contributed by atoms with E-state index in [1.165, 1.54) is 11.8 Å². The molecule has 1 aliphatic carbocycles. The zero-order valence-electron chi connectivity index (χ0n) is 27.4. The van der Waals surface area contributed by atoms with Crippen LogP contribution >= 0.6 is 0 Å². The van der Waals surface area contributed by atoms with Gasteiger partial charge in [-0.25, -0.2) is 14.8 Å². The van der Waals surface area contributed by atoms with Gasteiger partial charge in [0.1, 0.15) is 29.2 Å². The van der Waals surface area contributed by atoms with Gasteiger partial charge in [-0.15, -0.1) is 0 Å². The number of methoxy groups -OCH3 is 1. The number of rotatable bonds is 4. The standard InChI is InChI=1S/C34H47FN4O6/c1-20-27-19-39(28(20)21(2)40)31(41)29(33(3,4)5)38-32(42)45-34(15-16-35)18-22(34)11-9-7-8-10-12-25-30(44-27)37-26-17-23(43-6)13-14-24(26)36-25/h13-14,17,20,22,27-29H,7-12,15-16,18-19H2,1-6H3,(H,38,42)/t20-,22-,27+,28+,29-,34-/m1/s1. The summed E-state index contributed by atoms with van der Waals surface area (Å²) in [6.07, 6.45) is 4.77. The van der Waals surface area contributed by atoms with Gasteiger partial charge in [-0.2, -0.15) is 0 Å². The molecule has 2 bridgehead atoms. The van der Waals surface area contributed by atoms with Crippen molar-refractivity contribution in [2.75, 3.05) is 20.3 Å². The lowest BCUT2D eigenvalue weighted by atomic mass is 9.85. The summed E-state index contributed by atoms with van der Waals surface area (Å²) in [4.78, 5) is 51.8. The molecule has 0 spiro atoms. The van der Waals surface area contributed by atoms with Gasteiger partial charge in [0.15, 0.2) is 5.78 Å². The third-order valence-corrected chi connectivity index (χ3v) is 9.75. The summed E-state index contributed by atoms with van der Waals surface area (Å²) in [6, 6.07) is 3.80. The minimum absolute atomic E-state index is 0.0931. The Morgan fingerprint density at radius 1 is 1.16 bits per heavy atom. The monoisotopic (exact) mass is 626 g/mol. The van der Waals surface area contributed by atoms with Crippen LogP contribution in [0.4, 0.5) is 9.18 Å². The predicted molar refractivity (Wildman–Crippen MR) is 167 cm³/mol. The Labute approximate surface area is 264 Å². The van der Waals surface area contributed by atoms with Crippen LogP contribution < -0.4 is 14.8 Å². The zero-order chi connectivity index (χ0) is 32.5. The lowest BCUT2D eigenvalue weighted by molar-refractivity contribution is -0.141. The van der Waals surface area contributed by atoms with Crippen molar-refractivity contribution in [2.45, 2.75) is 110 Å². The molecule has 1 saturated heterocycles. The molecule has 2 aromatic rings. The highest BCUT2D eigenvalue weighted by Gasteiger charge is 2.57. The summed E-state index contributed by atoms with van der Waals surface area (Å²) in [5.74, 6) is 0.232. The molecular formula is C34H47FN4O6. The average molecular weight is 627 g/mol. The summed E-state index contributed by atoms with van der Waals surface area (Å²) in [5.41, 5.74) is 0.555. The van der Waals surface area contributed by atoms with E-state index in [9.17, 15) is 18.8 Å². The highest BCUT2D eigenvalue weighted by molar-refractivity contribution is 5.92. The first-order chi connectivity index (χ1) is 21.4. The summed E-state index contributed by atoms with van der Waals surface area (Å²) in [7, 11) is 1.60. The first-order valence-corrected chi connectivity index (χ1v) is 16.2. The van der Waals surface area contributed by atoms with E-state index in [1.807, 2.05) is 45.9 Å². The molecule has 3 heterocycles. The number of aromatic nitrogens is 2. The molecule has 6 atom stereocenters. The third kappa shape index (κ3) is 7.02. The molecule has 2 amide bonds. The number of hydrogen-bond donors (Lipinski definition) is 1. The molecular weight excluding hydrogens is 579 g/mol. The molecule has 1 aromatic carbocycles. The molecule has 1 saturated carbocycles. The first-order valence-electron chi connectivity index (χ1n) is 16.2. The number of aryl methyl sites for hydroxylation is 1. The highest BCUT2D eigenvalue weighted by atomic mass is 19.1. The van der Waals surface area contributed by atoms with Crippen LogP contribution in [0.2, 0.25) is 0 Å². The molecule has 5 rings (SSSR count). The maximum absolute atomic E-state index is 14.2. The molecule has 0 unspecified atom stereocenters. The Bertz CT molecular complexity index is 1430. The van der Waals surface area contributed by atoms with Crippen LogP contribution in [0.3, 0.4) is 0 Å². The number of carbonyl (C=O) groups excluding carboxylic acids is 3. The van der Waals surface area contributed by atoms with Gasteiger partial charge in [0.25, 0.3) is 0 Å². The highest BCUT2D eigenvalue weighted by Crippen LogP contribution is 2.52. The molecule has 2 fully saturated rings. The Balaban J connectivity index is 1.51. The van der Waals surface area contributed by atoms with Crippen LogP contribution in [0.15, 0.2) is 18.2 Å². The number of amides is 2. The van der Waals surface area contributed by atoms with Gasteiger partial charge in [-0.1, -0.05) is 47.0 Å². The minimum Gasteiger partial charge on any atom is -0.497 e. The molecule has 11 heteroatoms. The van der Waals surface area contributed by atoms with Crippen molar-refractivity contribution < 1.29 is 33.0 Å². The van der Waals surface area contributed by atoms with E-state index >= 15 is 0 Å². The van der Waals surface area contributed by atoms with Crippen molar-refractivity contribution in [1.82, 2.24) is 20.2 Å². The van der Waals surface area contributed by atoms with E-state index in [1.54, 1.807) is 7.11 Å². The van der Waals surface area contributed by atoms with Crippen molar-refractivity contribution in [2.24, 2.45) is 17.3 Å². The topological polar surface area (TPSA) is 120 Å². The second-order valence-electron chi connectivity index (χ2n) is 14.1. The number of Topliss-reactive ketones (excluding diaryl/α,β-unsaturated/α-hetero) is 1. The van der Waals surface area contributed by atoms with Crippen LogP contribution in [0.5, 0.6) is 11.6 Å². The summed E-state index contributed by atoms with van der Waals surface area (Å²) >= 11 is 0. The number of ether oxygens (including phenoxy) is 3. The largest absolute Gasteiger partial charge is 0.497 e. The van der Waals surface area contributed by atoms with E-state index < -0.39 is 47.9 Å². The van der Waals surface area contributed by atoms with E-state index in [4.69, 9.17) is 24.2 Å². The number of halogens is 1. The maximum atomic E-state index is 14.2. The van der Waals surface area contributed by atoms with Gasteiger partial charge in [0.2, 0.25) is 11.8 Å². The smallest absolute Gasteiger partial charge is 0.408 e. The fourth-order valence-electron chi connectivity index (χ4n) is 7.05. The van der Waals surface area contributed by atoms with Crippen molar-refractivity contribution in [1.29, 1.82) is 0 Å². The molecule has 10 nitrogen and oxygen atoms in total. The molecule has 1 N–H and O–H groups in total. The number of alkyl carbamates (subject to hydrolysis) is 1. The lowest BCUT2D eigenvalue weighted by Crippen LogP contribution is -2.57. The van der Waals surface area contributed by atoms with Crippen molar-refractivity contribution in [3.63, 3.8) is 0 Å². The van der Waals surface area contributed by atoms with E-state index in [0.29, 0.717) is 30.0 Å². The summed E-state index contributed by atoms with van der Waals surface area (Å²) < 4.78 is 31.4. The van der Waals surface area contributed by atoms with Gasteiger partial charge >= 0.3 is 6.09 Å². The Kier molecular flexibility index (Phi) is 9.56. The van der Waals surface area contributed by atoms with Crippen molar-refractivity contribution in [3.8, 4) is 11.6 Å². The van der Waals surface area contributed by atoms with Gasteiger partial charge in [0, 0.05) is 24.3 Å². The number of nitrogens with zero attached hydrogens (tertiary/aromatic N) is 3. The average Bonchev–Trinajstić information content (AvgIpc) is 3.53. The number of carbonyl (C=O) groups is 3. The van der Waals surface area contributed by atoms with Gasteiger partial charge in [-0.3, -0.25) is 14.0 Å². The normalized spacial score (nSPS) is 29.7. The number of ketones is 1. The Morgan fingerprint density at radius 2 is 1.91 bits per heavy atom. The summed E-state index contributed by atoms with van der Waals surface area (Å²) in [6.45, 7) is 8.48. The van der Waals surface area contributed by atoms with Gasteiger partial charge in [-0.05, 0) is 50.2 Å². The number of alkyl halides is 1. The van der Waals surface area contributed by atoms with E-state index in [-0.39, 0.29) is 30.6 Å². The summed E-state index contributed by atoms with van der Waals surface area (Å²) in [5, 5.41) is 2.80. The van der Waals surface area contributed by atoms with Crippen LogP contribution in [0.1, 0.15) is 85.3 Å². The second kappa shape index (κ2) is 13.1.